The summed E-state index contributed by atoms with van der Waals surface area (Å²) in [5, 5.41) is 9.33. The summed E-state index contributed by atoms with van der Waals surface area (Å²) in [6.45, 7) is 0.695. The first-order chi connectivity index (χ1) is 15.7. The molecule has 0 fully saturated rings. The SMILES string of the molecule is COCc1c(C(=O)NCCc2ccc(OC)cc2)cnn1-c1nccc(-c2cccs2)n1. The standard InChI is InChI=1S/C23H23N5O3S/c1-30-15-20-18(22(29)24-11-9-16-5-7-17(31-2)8-6-16)14-26-28(20)23-25-12-10-19(27-23)21-4-3-13-32-21/h3-8,10,12-14H,9,11,15H2,1-2H3,(H,24,29). The van der Waals surface area contributed by atoms with Crippen LogP contribution in [0.4, 0.5) is 0 Å². The molecule has 0 aliphatic rings. The number of methoxy groups -OCH3 is 2. The minimum Gasteiger partial charge on any atom is -0.497 e. The summed E-state index contributed by atoms with van der Waals surface area (Å²) >= 11 is 1.60. The summed E-state index contributed by atoms with van der Waals surface area (Å²) in [4.78, 5) is 22.8. The van der Waals surface area contributed by atoms with Gasteiger partial charge in [0.1, 0.15) is 5.75 Å². The van der Waals surface area contributed by atoms with E-state index < -0.39 is 0 Å². The molecule has 0 bridgehead atoms. The van der Waals surface area contributed by atoms with Crippen molar-refractivity contribution < 1.29 is 14.3 Å². The molecule has 164 valence electrons. The van der Waals surface area contributed by atoms with Gasteiger partial charge < -0.3 is 14.8 Å². The van der Waals surface area contributed by atoms with Crippen molar-refractivity contribution in [3.8, 4) is 22.3 Å². The fraction of sp³-hybridized carbons (Fsp3) is 0.217. The van der Waals surface area contributed by atoms with Crippen molar-refractivity contribution in [1.82, 2.24) is 25.1 Å². The van der Waals surface area contributed by atoms with Crippen LogP contribution in [0.1, 0.15) is 21.6 Å². The summed E-state index contributed by atoms with van der Waals surface area (Å²) in [7, 11) is 3.21. The second kappa shape index (κ2) is 10.2. The van der Waals surface area contributed by atoms with Gasteiger partial charge in [0.15, 0.2) is 0 Å². The van der Waals surface area contributed by atoms with Gasteiger partial charge >= 0.3 is 0 Å². The van der Waals surface area contributed by atoms with E-state index in [-0.39, 0.29) is 12.5 Å². The van der Waals surface area contributed by atoms with Crippen LogP contribution in [0.2, 0.25) is 0 Å². The predicted molar refractivity (Wildman–Crippen MR) is 122 cm³/mol. The van der Waals surface area contributed by atoms with Gasteiger partial charge in [-0.3, -0.25) is 4.79 Å². The maximum absolute atomic E-state index is 12.9. The first-order valence-corrected chi connectivity index (χ1v) is 10.9. The largest absolute Gasteiger partial charge is 0.497 e. The molecular formula is C23H23N5O3S. The van der Waals surface area contributed by atoms with Crippen LogP contribution < -0.4 is 10.1 Å². The monoisotopic (exact) mass is 449 g/mol. The number of aromatic nitrogens is 4. The lowest BCUT2D eigenvalue weighted by Crippen LogP contribution is -2.26. The molecule has 3 aromatic heterocycles. The predicted octanol–water partition coefficient (Wildman–Crippen LogP) is 3.52. The van der Waals surface area contributed by atoms with Gasteiger partial charge in [0, 0.05) is 19.9 Å². The lowest BCUT2D eigenvalue weighted by atomic mass is 10.1. The highest BCUT2D eigenvalue weighted by molar-refractivity contribution is 7.13. The molecule has 4 rings (SSSR count). The fourth-order valence-corrected chi connectivity index (χ4v) is 3.93. The molecule has 0 aliphatic heterocycles. The normalized spacial score (nSPS) is 10.8. The maximum Gasteiger partial charge on any atom is 0.254 e. The van der Waals surface area contributed by atoms with E-state index in [1.54, 1.807) is 36.4 Å². The molecule has 0 spiro atoms. The zero-order valence-electron chi connectivity index (χ0n) is 17.8. The first kappa shape index (κ1) is 21.7. The summed E-state index contributed by atoms with van der Waals surface area (Å²) in [6, 6.07) is 13.6. The number of carbonyl (C=O) groups excluding carboxylic acids is 1. The van der Waals surface area contributed by atoms with Crippen LogP contribution in [0.15, 0.2) is 60.2 Å². The Kier molecular flexibility index (Phi) is 6.88. The summed E-state index contributed by atoms with van der Waals surface area (Å²) in [5.41, 5.74) is 2.94. The van der Waals surface area contributed by atoms with Gasteiger partial charge in [0.05, 0.1) is 41.7 Å². The Morgan fingerprint density at radius 2 is 2.00 bits per heavy atom. The molecule has 32 heavy (non-hydrogen) atoms. The molecule has 1 N–H and O–H groups in total. The van der Waals surface area contributed by atoms with E-state index in [0.717, 1.165) is 21.9 Å². The van der Waals surface area contributed by atoms with Crippen LogP contribution in [-0.4, -0.2) is 46.4 Å². The van der Waals surface area contributed by atoms with Crippen molar-refractivity contribution >= 4 is 17.2 Å². The molecule has 3 heterocycles. The minimum absolute atomic E-state index is 0.202. The Labute approximate surface area is 189 Å². The number of rotatable bonds is 9. The molecule has 1 amide bonds. The second-order valence-corrected chi connectivity index (χ2v) is 7.87. The summed E-state index contributed by atoms with van der Waals surface area (Å²) in [5.74, 6) is 0.978. The molecule has 0 radical (unpaired) electrons. The lowest BCUT2D eigenvalue weighted by molar-refractivity contribution is 0.0948. The minimum atomic E-state index is -0.216. The smallest absolute Gasteiger partial charge is 0.254 e. The van der Waals surface area contributed by atoms with E-state index >= 15 is 0 Å². The number of thiophene rings is 1. The van der Waals surface area contributed by atoms with Crippen LogP contribution in [0.25, 0.3) is 16.5 Å². The zero-order valence-corrected chi connectivity index (χ0v) is 18.6. The number of amides is 1. The van der Waals surface area contributed by atoms with E-state index in [1.165, 1.54) is 6.20 Å². The number of carbonyl (C=O) groups is 1. The van der Waals surface area contributed by atoms with Gasteiger partial charge in [0.2, 0.25) is 0 Å². The van der Waals surface area contributed by atoms with Gasteiger partial charge in [-0.25, -0.2) is 9.97 Å². The highest BCUT2D eigenvalue weighted by Crippen LogP contribution is 2.23. The van der Waals surface area contributed by atoms with Gasteiger partial charge in [-0.05, 0) is 41.6 Å². The Morgan fingerprint density at radius 3 is 2.72 bits per heavy atom. The van der Waals surface area contributed by atoms with Crippen LogP contribution in [0.5, 0.6) is 5.75 Å². The second-order valence-electron chi connectivity index (χ2n) is 6.92. The molecule has 1 aromatic carbocycles. The van der Waals surface area contributed by atoms with Crippen LogP contribution in [0, 0.1) is 0 Å². The van der Waals surface area contributed by atoms with Crippen molar-refractivity contribution in [1.29, 1.82) is 0 Å². The van der Waals surface area contributed by atoms with E-state index in [2.05, 4.69) is 20.4 Å². The zero-order chi connectivity index (χ0) is 22.3. The van der Waals surface area contributed by atoms with Crippen molar-refractivity contribution in [3.63, 3.8) is 0 Å². The summed E-state index contributed by atoms with van der Waals surface area (Å²) in [6.07, 6.45) is 3.91. The lowest BCUT2D eigenvalue weighted by Gasteiger charge is -2.09. The Balaban J connectivity index is 1.50. The van der Waals surface area contributed by atoms with E-state index in [0.29, 0.717) is 30.2 Å². The van der Waals surface area contributed by atoms with E-state index in [4.69, 9.17) is 9.47 Å². The number of hydrogen-bond donors (Lipinski definition) is 1. The molecular weight excluding hydrogens is 426 g/mol. The average molecular weight is 450 g/mol. The average Bonchev–Trinajstić information content (AvgIpc) is 3.50. The highest BCUT2D eigenvalue weighted by Gasteiger charge is 2.20. The molecule has 0 atom stereocenters. The van der Waals surface area contributed by atoms with E-state index in [9.17, 15) is 4.79 Å². The van der Waals surface area contributed by atoms with Gasteiger partial charge in [0.25, 0.3) is 11.9 Å². The molecule has 0 saturated carbocycles. The molecule has 9 heteroatoms. The third-order valence-corrected chi connectivity index (χ3v) is 5.75. The van der Waals surface area contributed by atoms with Crippen LogP contribution in [0.3, 0.4) is 0 Å². The number of benzene rings is 1. The van der Waals surface area contributed by atoms with Crippen LogP contribution >= 0.6 is 11.3 Å². The molecule has 0 aliphatic carbocycles. The fourth-order valence-electron chi connectivity index (χ4n) is 3.23. The van der Waals surface area contributed by atoms with Gasteiger partial charge in [-0.2, -0.15) is 9.78 Å². The molecule has 0 saturated heterocycles. The van der Waals surface area contributed by atoms with E-state index in [1.807, 2.05) is 47.8 Å². The number of nitrogens with zero attached hydrogens (tertiary/aromatic N) is 4. The molecule has 4 aromatic rings. The first-order valence-electron chi connectivity index (χ1n) is 10.0. The van der Waals surface area contributed by atoms with Crippen LogP contribution in [-0.2, 0) is 17.8 Å². The number of ether oxygens (including phenoxy) is 2. The Bertz CT molecular complexity index is 1170. The molecule has 8 nitrogen and oxygen atoms in total. The number of hydrogen-bond acceptors (Lipinski definition) is 7. The summed E-state index contributed by atoms with van der Waals surface area (Å²) < 4.78 is 12.1. The van der Waals surface area contributed by atoms with Gasteiger partial charge in [-0.15, -0.1) is 11.3 Å². The third kappa shape index (κ3) is 4.84. The Hall–Kier alpha value is -3.56. The Morgan fingerprint density at radius 1 is 1.16 bits per heavy atom. The van der Waals surface area contributed by atoms with Crippen molar-refractivity contribution in [2.45, 2.75) is 13.0 Å². The highest BCUT2D eigenvalue weighted by atomic mass is 32.1. The van der Waals surface area contributed by atoms with Crippen molar-refractivity contribution in [2.75, 3.05) is 20.8 Å². The van der Waals surface area contributed by atoms with Crippen molar-refractivity contribution in [2.24, 2.45) is 0 Å². The maximum atomic E-state index is 12.9. The topological polar surface area (TPSA) is 91.2 Å². The van der Waals surface area contributed by atoms with Gasteiger partial charge in [-0.1, -0.05) is 18.2 Å². The molecule has 0 unspecified atom stereocenters. The van der Waals surface area contributed by atoms with Crippen molar-refractivity contribution in [3.05, 3.63) is 77.1 Å². The quantitative estimate of drug-likeness (QED) is 0.420. The third-order valence-electron chi connectivity index (χ3n) is 4.86. The number of nitrogens with one attached hydrogen (secondary N) is 1.